The summed E-state index contributed by atoms with van der Waals surface area (Å²) in [6, 6.07) is 7.98. The van der Waals surface area contributed by atoms with Gasteiger partial charge in [-0.1, -0.05) is 0 Å². The largest absolute Gasteiger partial charge is 0.519 e. The first kappa shape index (κ1) is 23.7. The number of nitro groups is 2. The number of benzene rings is 2. The van der Waals surface area contributed by atoms with Gasteiger partial charge in [-0.3, -0.25) is 20.2 Å². The van der Waals surface area contributed by atoms with Gasteiger partial charge in [-0.2, -0.15) is 0 Å². The number of non-ortho nitro benzene ring substituents is 2. The first-order chi connectivity index (χ1) is 17.8. The molecule has 0 radical (unpaired) electrons. The topological polar surface area (TPSA) is 157 Å². The van der Waals surface area contributed by atoms with Crippen molar-refractivity contribution < 1.29 is 24.1 Å². The molecule has 0 saturated heterocycles. The standard InChI is InChI=1S/C24H20N6O7/c31-23-36-21-3-1-19(29(32)33)9-17(21)11-24(13-27-7-5-25-15-27,14-28-8-6-26-16-28)12-18-10-20(30(34)35)2-4-22(18)37-23/h1-10,15-16H,11-14H2. The van der Waals surface area contributed by atoms with Crippen molar-refractivity contribution in [1.29, 1.82) is 0 Å². The summed E-state index contributed by atoms with van der Waals surface area (Å²) in [5, 5.41) is 23.1. The predicted molar refractivity (Wildman–Crippen MR) is 127 cm³/mol. The molecule has 5 rings (SSSR count). The second kappa shape index (κ2) is 9.53. The summed E-state index contributed by atoms with van der Waals surface area (Å²) in [5.74, 6) is 0.253. The summed E-state index contributed by atoms with van der Waals surface area (Å²) in [6.07, 6.45) is 9.51. The molecule has 1 aliphatic heterocycles. The quantitative estimate of drug-likeness (QED) is 0.164. The van der Waals surface area contributed by atoms with Crippen molar-refractivity contribution in [3.63, 3.8) is 0 Å². The minimum atomic E-state index is -1.05. The molecule has 0 fully saturated rings. The van der Waals surface area contributed by atoms with Crippen LogP contribution in [0, 0.1) is 25.6 Å². The molecule has 2 aromatic carbocycles. The highest BCUT2D eigenvalue weighted by molar-refractivity contribution is 5.69. The van der Waals surface area contributed by atoms with E-state index in [2.05, 4.69) is 9.97 Å². The lowest BCUT2D eigenvalue weighted by molar-refractivity contribution is -0.385. The molecule has 4 aromatic rings. The summed E-state index contributed by atoms with van der Waals surface area (Å²) in [4.78, 5) is 42.9. The van der Waals surface area contributed by atoms with E-state index in [9.17, 15) is 25.0 Å². The Morgan fingerprint density at radius 3 is 1.65 bits per heavy atom. The number of nitro benzene ring substituents is 2. The van der Waals surface area contributed by atoms with Gasteiger partial charge >= 0.3 is 6.16 Å². The van der Waals surface area contributed by atoms with Gasteiger partial charge in [-0.15, -0.1) is 0 Å². The molecule has 2 aromatic heterocycles. The number of aromatic nitrogens is 4. The van der Waals surface area contributed by atoms with Crippen LogP contribution in [0.25, 0.3) is 0 Å². The Kier molecular flexibility index (Phi) is 6.09. The molecule has 0 unspecified atom stereocenters. The van der Waals surface area contributed by atoms with Gasteiger partial charge in [0, 0.05) is 78.7 Å². The van der Waals surface area contributed by atoms with Crippen molar-refractivity contribution in [2.45, 2.75) is 25.9 Å². The van der Waals surface area contributed by atoms with Crippen molar-refractivity contribution in [2.24, 2.45) is 5.41 Å². The van der Waals surface area contributed by atoms with Gasteiger partial charge in [0.1, 0.15) is 11.5 Å². The molecular formula is C24H20N6O7. The van der Waals surface area contributed by atoms with Gasteiger partial charge in [-0.05, 0) is 25.0 Å². The first-order valence-electron chi connectivity index (χ1n) is 11.2. The van der Waals surface area contributed by atoms with Crippen LogP contribution >= 0.6 is 0 Å². The molecule has 0 spiro atoms. The third-order valence-electron chi connectivity index (χ3n) is 6.18. The Labute approximate surface area is 209 Å². The highest BCUT2D eigenvalue weighted by Crippen LogP contribution is 2.40. The SMILES string of the molecule is O=C1Oc2ccc([N+](=O)[O-])cc2CC(Cn2ccnc2)(Cn2ccnc2)Cc2cc([N+](=O)[O-])ccc2O1. The molecule has 37 heavy (non-hydrogen) atoms. The number of imidazole rings is 2. The number of nitrogens with zero attached hydrogens (tertiary/aromatic N) is 6. The van der Waals surface area contributed by atoms with E-state index in [4.69, 9.17) is 9.47 Å². The van der Waals surface area contributed by atoms with E-state index in [1.807, 2.05) is 9.13 Å². The minimum absolute atomic E-state index is 0.126. The average Bonchev–Trinajstić information content (AvgIpc) is 3.55. The van der Waals surface area contributed by atoms with E-state index in [1.54, 1.807) is 37.4 Å². The third-order valence-corrected chi connectivity index (χ3v) is 6.18. The lowest BCUT2D eigenvalue weighted by Gasteiger charge is -2.36. The van der Waals surface area contributed by atoms with Crippen LogP contribution in [0.1, 0.15) is 11.1 Å². The van der Waals surface area contributed by atoms with E-state index in [0.717, 1.165) is 0 Å². The Bertz CT molecular complexity index is 1360. The maximum Gasteiger partial charge on any atom is 0.519 e. The van der Waals surface area contributed by atoms with E-state index in [0.29, 0.717) is 24.2 Å². The maximum absolute atomic E-state index is 12.6. The molecular weight excluding hydrogens is 484 g/mol. The average molecular weight is 504 g/mol. The zero-order valence-electron chi connectivity index (χ0n) is 19.3. The van der Waals surface area contributed by atoms with Crippen LogP contribution < -0.4 is 9.47 Å². The number of rotatable bonds is 6. The smallest absolute Gasteiger partial charge is 0.394 e. The normalized spacial score (nSPS) is 14.5. The molecule has 0 amide bonds. The highest BCUT2D eigenvalue weighted by Gasteiger charge is 2.37. The van der Waals surface area contributed by atoms with Crippen LogP contribution in [0.3, 0.4) is 0 Å². The Morgan fingerprint density at radius 2 is 1.27 bits per heavy atom. The molecule has 0 saturated carbocycles. The van der Waals surface area contributed by atoms with Gasteiger partial charge in [0.05, 0.1) is 22.5 Å². The lowest BCUT2D eigenvalue weighted by atomic mass is 9.75. The molecule has 0 atom stereocenters. The molecule has 188 valence electrons. The van der Waals surface area contributed by atoms with Crippen molar-refractivity contribution >= 4 is 17.5 Å². The van der Waals surface area contributed by atoms with Crippen LogP contribution in [-0.2, 0) is 25.9 Å². The molecule has 1 aliphatic rings. The lowest BCUT2D eigenvalue weighted by Crippen LogP contribution is -2.37. The summed E-state index contributed by atoms with van der Waals surface area (Å²) < 4.78 is 14.6. The molecule has 0 N–H and O–H groups in total. The third kappa shape index (κ3) is 5.15. The molecule has 3 heterocycles. The number of hydrogen-bond acceptors (Lipinski definition) is 9. The summed E-state index contributed by atoms with van der Waals surface area (Å²) in [5.41, 5.74) is -0.242. The fraction of sp³-hybridized carbons (Fsp3) is 0.208. The fourth-order valence-electron chi connectivity index (χ4n) is 4.71. The predicted octanol–water partition coefficient (Wildman–Crippen LogP) is 3.96. The fourth-order valence-corrected chi connectivity index (χ4v) is 4.71. The van der Waals surface area contributed by atoms with Crippen LogP contribution in [0.5, 0.6) is 11.5 Å². The van der Waals surface area contributed by atoms with Crippen LogP contribution in [-0.4, -0.2) is 35.1 Å². The first-order valence-corrected chi connectivity index (χ1v) is 11.2. The number of carbonyl (C=O) groups is 1. The Hall–Kier alpha value is -5.07. The zero-order chi connectivity index (χ0) is 26.0. The van der Waals surface area contributed by atoms with Crippen molar-refractivity contribution in [1.82, 2.24) is 19.1 Å². The maximum atomic E-state index is 12.6. The molecule has 13 nitrogen and oxygen atoms in total. The van der Waals surface area contributed by atoms with E-state index in [-0.39, 0.29) is 35.7 Å². The summed E-state index contributed by atoms with van der Waals surface area (Å²) in [7, 11) is 0. The summed E-state index contributed by atoms with van der Waals surface area (Å²) >= 11 is 0. The number of hydrogen-bond donors (Lipinski definition) is 0. The molecule has 0 aliphatic carbocycles. The highest BCUT2D eigenvalue weighted by atomic mass is 16.7. The second-order valence-electron chi connectivity index (χ2n) is 8.88. The van der Waals surface area contributed by atoms with Crippen LogP contribution in [0.4, 0.5) is 16.2 Å². The molecule has 13 heteroatoms. The van der Waals surface area contributed by atoms with Crippen molar-refractivity contribution in [3.05, 3.63) is 105 Å². The number of fused-ring (bicyclic) bond motifs is 2. The summed E-state index contributed by atoms with van der Waals surface area (Å²) in [6.45, 7) is 0.757. The van der Waals surface area contributed by atoms with Gasteiger partial charge in [0.25, 0.3) is 11.4 Å². The van der Waals surface area contributed by atoms with Gasteiger partial charge in [-0.25, -0.2) is 14.8 Å². The molecule has 0 bridgehead atoms. The van der Waals surface area contributed by atoms with E-state index < -0.39 is 21.4 Å². The monoisotopic (exact) mass is 504 g/mol. The van der Waals surface area contributed by atoms with Crippen molar-refractivity contribution in [2.75, 3.05) is 0 Å². The Balaban J connectivity index is 1.71. The van der Waals surface area contributed by atoms with Crippen LogP contribution in [0.15, 0.2) is 73.8 Å². The Morgan fingerprint density at radius 1 is 0.811 bits per heavy atom. The van der Waals surface area contributed by atoms with Gasteiger partial charge < -0.3 is 18.6 Å². The van der Waals surface area contributed by atoms with E-state index in [1.165, 1.54) is 36.4 Å². The number of ether oxygens (including phenoxy) is 2. The van der Waals surface area contributed by atoms with Crippen LogP contribution in [0.2, 0.25) is 0 Å². The van der Waals surface area contributed by atoms with Gasteiger partial charge in [0.2, 0.25) is 0 Å². The minimum Gasteiger partial charge on any atom is -0.394 e. The van der Waals surface area contributed by atoms with E-state index >= 15 is 0 Å². The van der Waals surface area contributed by atoms with Crippen molar-refractivity contribution in [3.8, 4) is 11.5 Å². The number of carbonyl (C=O) groups excluding carboxylic acids is 1. The second-order valence-corrected chi connectivity index (χ2v) is 8.88. The zero-order valence-corrected chi connectivity index (χ0v) is 19.3. The van der Waals surface area contributed by atoms with Gasteiger partial charge in [0.15, 0.2) is 0 Å².